The summed E-state index contributed by atoms with van der Waals surface area (Å²) in [5, 5.41) is 3.44. The van der Waals surface area contributed by atoms with E-state index < -0.39 is 0 Å². The number of benzene rings is 2. The zero-order chi connectivity index (χ0) is 14.8. The number of nitrogens with one attached hydrogen (secondary N) is 1. The fourth-order valence-corrected chi connectivity index (χ4v) is 3.11. The Morgan fingerprint density at radius 3 is 2.29 bits per heavy atom. The lowest BCUT2D eigenvalue weighted by Gasteiger charge is -2.26. The summed E-state index contributed by atoms with van der Waals surface area (Å²) in [6.45, 7) is 0. The van der Waals surface area contributed by atoms with Gasteiger partial charge >= 0.3 is 0 Å². The first-order valence-corrected chi connectivity index (χ1v) is 7.79. The number of rotatable bonds is 4. The molecule has 1 aliphatic carbocycles. The van der Waals surface area contributed by atoms with E-state index in [1.165, 1.54) is 36.5 Å². The van der Waals surface area contributed by atoms with Crippen LogP contribution in [0.5, 0.6) is 0 Å². The van der Waals surface area contributed by atoms with Gasteiger partial charge in [-0.05, 0) is 54.6 Å². The summed E-state index contributed by atoms with van der Waals surface area (Å²) < 4.78 is 13.3. The Kier molecular flexibility index (Phi) is 4.27. The minimum Gasteiger partial charge on any atom is -0.309 e. The fourth-order valence-electron chi connectivity index (χ4n) is 2.92. The topological polar surface area (TPSA) is 12.0 Å². The molecule has 0 spiro atoms. The molecule has 3 heteroatoms. The van der Waals surface area contributed by atoms with Crippen molar-refractivity contribution in [1.82, 2.24) is 5.32 Å². The predicted octanol–water partition coefficient (Wildman–Crippen LogP) is 5.06. The van der Waals surface area contributed by atoms with Crippen molar-refractivity contribution < 1.29 is 4.39 Å². The van der Waals surface area contributed by atoms with Crippen molar-refractivity contribution in [3.8, 4) is 0 Å². The van der Waals surface area contributed by atoms with Crippen LogP contribution in [0.4, 0.5) is 4.39 Å². The van der Waals surface area contributed by atoms with Crippen LogP contribution in [0.2, 0.25) is 5.02 Å². The van der Waals surface area contributed by atoms with E-state index in [0.717, 1.165) is 11.5 Å². The molecule has 0 radical (unpaired) electrons. The van der Waals surface area contributed by atoms with Crippen molar-refractivity contribution in [3.63, 3.8) is 0 Å². The van der Waals surface area contributed by atoms with E-state index in [9.17, 15) is 4.39 Å². The summed E-state index contributed by atoms with van der Waals surface area (Å²) in [6.07, 6.45) is 3.96. The molecular formula is C18H19ClFN. The molecule has 1 aliphatic rings. The molecule has 21 heavy (non-hydrogen) atoms. The molecule has 1 nitrogen and oxygen atoms in total. The third-order valence-corrected chi connectivity index (χ3v) is 4.70. The molecule has 3 rings (SSSR count). The molecular weight excluding hydrogens is 285 g/mol. The summed E-state index contributed by atoms with van der Waals surface area (Å²) in [7, 11) is 1.90. The number of halogens is 2. The second-order valence-electron chi connectivity index (χ2n) is 5.69. The highest BCUT2D eigenvalue weighted by atomic mass is 35.5. The van der Waals surface area contributed by atoms with Crippen molar-refractivity contribution in [2.24, 2.45) is 0 Å². The summed E-state index contributed by atoms with van der Waals surface area (Å²) in [5.41, 5.74) is 3.57. The van der Waals surface area contributed by atoms with Crippen LogP contribution in [0, 0.1) is 5.82 Å². The normalized spacial score (nSPS) is 16.5. The van der Waals surface area contributed by atoms with Crippen LogP contribution in [-0.2, 0) is 0 Å². The molecule has 0 aromatic heterocycles. The highest BCUT2D eigenvalue weighted by molar-refractivity contribution is 6.30. The average Bonchev–Trinajstić information content (AvgIpc) is 2.43. The van der Waals surface area contributed by atoms with Crippen LogP contribution in [0.15, 0.2) is 42.5 Å². The van der Waals surface area contributed by atoms with E-state index in [0.29, 0.717) is 0 Å². The molecule has 0 aliphatic heterocycles. The third-order valence-electron chi connectivity index (χ3n) is 4.41. The van der Waals surface area contributed by atoms with Gasteiger partial charge in [-0.1, -0.05) is 48.4 Å². The van der Waals surface area contributed by atoms with E-state index in [4.69, 9.17) is 11.6 Å². The number of hydrogen-bond acceptors (Lipinski definition) is 1. The van der Waals surface area contributed by atoms with E-state index in [-0.39, 0.29) is 16.9 Å². The summed E-state index contributed by atoms with van der Waals surface area (Å²) >= 11 is 5.89. The van der Waals surface area contributed by atoms with E-state index in [1.807, 2.05) is 7.05 Å². The van der Waals surface area contributed by atoms with Crippen molar-refractivity contribution in [2.75, 3.05) is 7.05 Å². The van der Waals surface area contributed by atoms with Gasteiger partial charge in [-0.3, -0.25) is 0 Å². The van der Waals surface area contributed by atoms with Gasteiger partial charge in [-0.25, -0.2) is 4.39 Å². The summed E-state index contributed by atoms with van der Waals surface area (Å²) in [5.74, 6) is 0.364. The molecule has 2 aromatic rings. The van der Waals surface area contributed by atoms with Crippen LogP contribution < -0.4 is 5.32 Å². The number of hydrogen-bond donors (Lipinski definition) is 1. The fraction of sp³-hybridized carbons (Fsp3) is 0.333. The van der Waals surface area contributed by atoms with Gasteiger partial charge in [0.15, 0.2) is 0 Å². The molecule has 1 fully saturated rings. The average molecular weight is 304 g/mol. The van der Waals surface area contributed by atoms with Crippen molar-refractivity contribution in [3.05, 3.63) is 70.0 Å². The van der Waals surface area contributed by atoms with Crippen LogP contribution in [0.25, 0.3) is 0 Å². The Bertz CT molecular complexity index is 620. The zero-order valence-electron chi connectivity index (χ0n) is 12.1. The van der Waals surface area contributed by atoms with Crippen LogP contribution in [-0.4, -0.2) is 7.05 Å². The van der Waals surface area contributed by atoms with Crippen molar-refractivity contribution in [2.45, 2.75) is 31.2 Å². The highest BCUT2D eigenvalue weighted by Crippen LogP contribution is 2.37. The highest BCUT2D eigenvalue weighted by Gasteiger charge is 2.20. The molecule has 0 heterocycles. The quantitative estimate of drug-likeness (QED) is 0.833. The lowest BCUT2D eigenvalue weighted by molar-refractivity contribution is 0.419. The van der Waals surface area contributed by atoms with Gasteiger partial charge in [0.2, 0.25) is 0 Å². The van der Waals surface area contributed by atoms with Gasteiger partial charge in [-0.2, -0.15) is 0 Å². The van der Waals surface area contributed by atoms with Crippen LogP contribution >= 0.6 is 11.6 Å². The first-order chi connectivity index (χ1) is 10.2. The monoisotopic (exact) mass is 303 g/mol. The summed E-state index contributed by atoms with van der Waals surface area (Å²) in [6, 6.07) is 13.7. The molecule has 1 saturated carbocycles. The predicted molar refractivity (Wildman–Crippen MR) is 85.3 cm³/mol. The second-order valence-corrected chi connectivity index (χ2v) is 6.10. The van der Waals surface area contributed by atoms with Gasteiger partial charge in [-0.15, -0.1) is 0 Å². The Morgan fingerprint density at radius 1 is 1.10 bits per heavy atom. The minimum atomic E-state index is -0.379. The maximum atomic E-state index is 13.3. The Morgan fingerprint density at radius 2 is 1.76 bits per heavy atom. The molecule has 0 bridgehead atoms. The lowest BCUT2D eigenvalue weighted by Crippen LogP contribution is -2.18. The van der Waals surface area contributed by atoms with Gasteiger partial charge < -0.3 is 5.32 Å². The van der Waals surface area contributed by atoms with Crippen molar-refractivity contribution >= 4 is 11.6 Å². The second kappa shape index (κ2) is 6.17. The van der Waals surface area contributed by atoms with Gasteiger partial charge in [0, 0.05) is 0 Å². The van der Waals surface area contributed by atoms with Gasteiger partial charge in [0.05, 0.1) is 11.1 Å². The van der Waals surface area contributed by atoms with E-state index >= 15 is 0 Å². The first kappa shape index (κ1) is 14.6. The smallest absolute Gasteiger partial charge is 0.141 e. The maximum absolute atomic E-state index is 13.3. The van der Waals surface area contributed by atoms with Gasteiger partial charge in [0.1, 0.15) is 5.82 Å². The third kappa shape index (κ3) is 2.97. The molecule has 1 N–H and O–H groups in total. The molecule has 0 saturated heterocycles. The zero-order valence-corrected chi connectivity index (χ0v) is 12.8. The standard InChI is InChI=1S/C18H19ClFN/c1-21-18(15-9-10-17(20)16(19)11-15)14-7-5-13(6-8-14)12-3-2-4-12/h5-12,18,21H,2-4H2,1H3. The maximum Gasteiger partial charge on any atom is 0.141 e. The van der Waals surface area contributed by atoms with Crippen LogP contribution in [0.1, 0.15) is 47.9 Å². The molecule has 110 valence electrons. The Labute approximate surface area is 130 Å². The molecule has 2 aromatic carbocycles. The SMILES string of the molecule is CNC(c1ccc(C2CCC2)cc1)c1ccc(F)c(Cl)c1. The van der Waals surface area contributed by atoms with E-state index in [1.54, 1.807) is 12.1 Å². The van der Waals surface area contributed by atoms with Crippen LogP contribution in [0.3, 0.4) is 0 Å². The van der Waals surface area contributed by atoms with Crippen molar-refractivity contribution in [1.29, 1.82) is 0 Å². The van der Waals surface area contributed by atoms with E-state index in [2.05, 4.69) is 29.6 Å². The Balaban J connectivity index is 1.86. The molecule has 1 atom stereocenters. The largest absolute Gasteiger partial charge is 0.309 e. The Hall–Kier alpha value is -1.38. The molecule has 1 unspecified atom stereocenters. The summed E-state index contributed by atoms with van der Waals surface area (Å²) in [4.78, 5) is 0. The molecule has 0 amide bonds. The van der Waals surface area contributed by atoms with Gasteiger partial charge in [0.25, 0.3) is 0 Å². The first-order valence-electron chi connectivity index (χ1n) is 7.41. The lowest BCUT2D eigenvalue weighted by atomic mass is 9.79. The minimum absolute atomic E-state index is 0.0264.